The minimum atomic E-state index is -4.51. The third kappa shape index (κ3) is 5.48. The van der Waals surface area contributed by atoms with Gasteiger partial charge >= 0.3 is 6.18 Å². The summed E-state index contributed by atoms with van der Waals surface area (Å²) < 4.78 is 51.8. The van der Waals surface area contributed by atoms with E-state index < -0.39 is 17.8 Å². The zero-order valence-electron chi connectivity index (χ0n) is 21.2. The average molecular weight is 519 g/mol. The van der Waals surface area contributed by atoms with Crippen LogP contribution in [-0.4, -0.2) is 54.1 Å². The van der Waals surface area contributed by atoms with Crippen LogP contribution < -0.4 is 20.3 Å². The first kappa shape index (κ1) is 26.3. The molecule has 0 saturated heterocycles. The smallest absolute Gasteiger partial charge is 0.419 e. The fourth-order valence-electron chi connectivity index (χ4n) is 4.40. The van der Waals surface area contributed by atoms with E-state index in [2.05, 4.69) is 20.7 Å². The molecule has 0 unspecified atom stereocenters. The predicted octanol–water partition coefficient (Wildman–Crippen LogP) is 4.07. The summed E-state index contributed by atoms with van der Waals surface area (Å²) in [7, 11) is 4.62. The molecule has 9 nitrogen and oxygen atoms in total. The zero-order valence-corrected chi connectivity index (χ0v) is 21.2. The van der Waals surface area contributed by atoms with Crippen molar-refractivity contribution in [2.24, 2.45) is 0 Å². The Morgan fingerprint density at radius 2 is 1.97 bits per heavy atom. The quantitative estimate of drug-likeness (QED) is 0.465. The van der Waals surface area contributed by atoms with E-state index in [1.54, 1.807) is 30.3 Å². The number of carbonyl (C=O) groups is 1. The Bertz CT molecular complexity index is 1290. The van der Waals surface area contributed by atoms with Gasteiger partial charge in [0, 0.05) is 38.5 Å². The molecule has 198 valence electrons. The average Bonchev–Trinajstić information content (AvgIpc) is 3.30. The number of methoxy groups -OCH3 is 2. The van der Waals surface area contributed by atoms with Crippen molar-refractivity contribution in [2.45, 2.75) is 45.3 Å². The third-order valence-corrected chi connectivity index (χ3v) is 6.38. The van der Waals surface area contributed by atoms with Crippen LogP contribution in [0.1, 0.15) is 29.3 Å². The Balaban J connectivity index is 1.47. The van der Waals surface area contributed by atoms with E-state index in [9.17, 15) is 18.0 Å². The number of carbonyl (C=O) groups excluding carboxylic acids is 1. The Kier molecular flexibility index (Phi) is 7.30. The highest BCUT2D eigenvalue weighted by atomic mass is 19.4. The zero-order chi connectivity index (χ0) is 26.9. The lowest BCUT2D eigenvalue weighted by Crippen LogP contribution is -2.52. The summed E-state index contributed by atoms with van der Waals surface area (Å²) >= 11 is 0. The molecule has 0 fully saturated rings. The molecule has 12 heteroatoms. The summed E-state index contributed by atoms with van der Waals surface area (Å²) in [5.74, 6) is 0.241. The molecule has 2 aromatic heterocycles. The van der Waals surface area contributed by atoms with E-state index in [1.165, 1.54) is 13.2 Å². The molecule has 3 aromatic rings. The lowest BCUT2D eigenvalue weighted by Gasteiger charge is -2.38. The van der Waals surface area contributed by atoms with Crippen LogP contribution in [0, 0.1) is 6.92 Å². The largest absolute Gasteiger partial charge is 0.496 e. The molecule has 1 aliphatic heterocycles. The maximum Gasteiger partial charge on any atom is 0.419 e. The number of ether oxygens (including phenoxy) is 2. The molecule has 2 N–H and O–H groups in total. The minimum absolute atomic E-state index is 0.151. The predicted molar refractivity (Wildman–Crippen MR) is 133 cm³/mol. The molecule has 1 aliphatic rings. The normalized spacial score (nSPS) is 16.3. The van der Waals surface area contributed by atoms with Crippen molar-refractivity contribution in [2.75, 3.05) is 36.8 Å². The first-order valence-corrected chi connectivity index (χ1v) is 11.6. The molecule has 3 heterocycles. The number of rotatable bonds is 8. The lowest BCUT2D eigenvalue weighted by atomic mass is 10.0. The standard InChI is InChI=1S/C25H29F3N6O3/c1-14-22-19(33(3)23(15(2)36-4)24(35)32-22)9-21(31-14)29-10-17-11-30-34(13-17)12-16-6-7-20(37-5)18(8-16)25(26,27)28/h6-9,11,13,15,23H,10,12H2,1-5H3,(H,29,31)(H,32,35)/t15-,23+/m1/s1. The van der Waals surface area contributed by atoms with Crippen LogP contribution in [0.5, 0.6) is 5.75 Å². The maximum absolute atomic E-state index is 13.3. The summed E-state index contributed by atoms with van der Waals surface area (Å²) in [6.45, 7) is 4.23. The third-order valence-electron chi connectivity index (χ3n) is 6.38. The van der Waals surface area contributed by atoms with Crippen LogP contribution >= 0.6 is 0 Å². The Morgan fingerprint density at radius 1 is 1.22 bits per heavy atom. The van der Waals surface area contributed by atoms with E-state index in [0.29, 0.717) is 29.3 Å². The van der Waals surface area contributed by atoms with Gasteiger partial charge in [-0.05, 0) is 31.5 Å². The number of hydrogen-bond acceptors (Lipinski definition) is 7. The summed E-state index contributed by atoms with van der Waals surface area (Å²) in [4.78, 5) is 19.0. The first-order chi connectivity index (χ1) is 17.5. The van der Waals surface area contributed by atoms with Crippen molar-refractivity contribution in [3.05, 3.63) is 59.0 Å². The van der Waals surface area contributed by atoms with Crippen molar-refractivity contribution >= 4 is 23.1 Å². The number of likely N-dealkylation sites (N-methyl/N-ethyl adjacent to an activating group) is 1. The lowest BCUT2D eigenvalue weighted by molar-refractivity contribution is -0.138. The summed E-state index contributed by atoms with van der Waals surface area (Å²) in [5.41, 5.74) is 2.60. The second-order valence-corrected chi connectivity index (χ2v) is 8.90. The molecule has 0 aliphatic carbocycles. The van der Waals surface area contributed by atoms with E-state index in [4.69, 9.17) is 9.47 Å². The summed E-state index contributed by atoms with van der Waals surface area (Å²) in [6, 6.07) is 5.34. The van der Waals surface area contributed by atoms with Gasteiger partial charge in [0.2, 0.25) is 5.91 Å². The Hall–Kier alpha value is -3.80. The minimum Gasteiger partial charge on any atom is -0.496 e. The number of pyridine rings is 1. The second kappa shape index (κ2) is 10.3. The fraction of sp³-hybridized carbons (Fsp3) is 0.400. The van der Waals surface area contributed by atoms with Gasteiger partial charge in [-0.15, -0.1) is 0 Å². The van der Waals surface area contributed by atoms with Gasteiger partial charge in [-0.3, -0.25) is 9.48 Å². The number of nitrogens with zero attached hydrogens (tertiary/aromatic N) is 4. The molecular weight excluding hydrogens is 489 g/mol. The van der Waals surface area contributed by atoms with E-state index in [0.717, 1.165) is 17.3 Å². The van der Waals surface area contributed by atoms with Crippen molar-refractivity contribution in [1.29, 1.82) is 0 Å². The van der Waals surface area contributed by atoms with Crippen molar-refractivity contribution in [3.8, 4) is 5.75 Å². The van der Waals surface area contributed by atoms with Crippen LogP contribution in [0.15, 0.2) is 36.7 Å². The maximum atomic E-state index is 13.3. The van der Waals surface area contributed by atoms with E-state index >= 15 is 0 Å². The van der Waals surface area contributed by atoms with Crippen molar-refractivity contribution in [1.82, 2.24) is 14.8 Å². The number of nitrogens with one attached hydrogen (secondary N) is 2. The van der Waals surface area contributed by atoms with E-state index in [1.807, 2.05) is 31.9 Å². The van der Waals surface area contributed by atoms with Gasteiger partial charge < -0.3 is 25.0 Å². The summed E-state index contributed by atoms with van der Waals surface area (Å²) in [6.07, 6.45) is -1.42. The highest BCUT2D eigenvalue weighted by Crippen LogP contribution is 2.37. The molecule has 37 heavy (non-hydrogen) atoms. The molecule has 1 amide bonds. The molecule has 0 bridgehead atoms. The SMILES string of the molecule is COc1ccc(Cn2cc(CNc3cc4c(c(C)n3)NC(=O)[C@H]([C@@H](C)OC)N4C)cn2)cc1C(F)(F)F. The number of benzene rings is 1. The van der Waals surface area contributed by atoms with Gasteiger partial charge in [-0.2, -0.15) is 18.3 Å². The number of alkyl halides is 3. The number of aryl methyl sites for hydroxylation is 1. The monoisotopic (exact) mass is 518 g/mol. The van der Waals surface area contributed by atoms with Crippen molar-refractivity contribution in [3.63, 3.8) is 0 Å². The van der Waals surface area contributed by atoms with Crippen LogP contribution in [0.3, 0.4) is 0 Å². The Morgan fingerprint density at radius 3 is 2.65 bits per heavy atom. The van der Waals surface area contributed by atoms with Crippen LogP contribution in [0.4, 0.5) is 30.4 Å². The number of hydrogen-bond donors (Lipinski definition) is 2. The highest BCUT2D eigenvalue weighted by molar-refractivity contribution is 6.04. The van der Waals surface area contributed by atoms with Crippen LogP contribution in [-0.2, 0) is 28.8 Å². The van der Waals surface area contributed by atoms with Gasteiger partial charge in [0.1, 0.15) is 17.6 Å². The number of amides is 1. The number of fused-ring (bicyclic) bond motifs is 1. The number of aromatic nitrogens is 3. The van der Waals surface area contributed by atoms with Crippen LogP contribution in [0.25, 0.3) is 0 Å². The second-order valence-electron chi connectivity index (χ2n) is 8.90. The van der Waals surface area contributed by atoms with Gasteiger partial charge in [0.25, 0.3) is 0 Å². The molecule has 1 aromatic carbocycles. The molecule has 4 rings (SSSR count). The van der Waals surface area contributed by atoms with Gasteiger partial charge in [-0.1, -0.05) is 6.07 Å². The Labute approximate surface area is 212 Å². The molecule has 0 saturated carbocycles. The first-order valence-electron chi connectivity index (χ1n) is 11.6. The summed E-state index contributed by atoms with van der Waals surface area (Å²) in [5, 5.41) is 10.5. The topological polar surface area (TPSA) is 93.5 Å². The van der Waals surface area contributed by atoms with E-state index in [-0.39, 0.29) is 24.3 Å². The molecular formula is C25H29F3N6O3. The molecule has 0 radical (unpaired) electrons. The molecule has 2 atom stereocenters. The molecule has 0 spiro atoms. The number of halogens is 3. The van der Waals surface area contributed by atoms with Gasteiger partial charge in [-0.25, -0.2) is 4.98 Å². The number of anilines is 3. The van der Waals surface area contributed by atoms with Crippen molar-refractivity contribution < 1.29 is 27.4 Å². The fourth-order valence-corrected chi connectivity index (χ4v) is 4.40. The van der Waals surface area contributed by atoms with Gasteiger partial charge in [0.15, 0.2) is 0 Å². The highest BCUT2D eigenvalue weighted by Gasteiger charge is 2.36. The van der Waals surface area contributed by atoms with Crippen LogP contribution in [0.2, 0.25) is 0 Å². The van der Waals surface area contributed by atoms with Gasteiger partial charge in [0.05, 0.1) is 48.6 Å².